The highest BCUT2D eigenvalue weighted by Crippen LogP contribution is 2.42. The lowest BCUT2D eigenvalue weighted by Crippen LogP contribution is -2.32. The summed E-state index contributed by atoms with van der Waals surface area (Å²) >= 11 is 3.64. The zero-order valence-electron chi connectivity index (χ0n) is 10.1. The van der Waals surface area contributed by atoms with E-state index in [0.29, 0.717) is 0 Å². The molecule has 0 aromatic heterocycles. The van der Waals surface area contributed by atoms with Gasteiger partial charge < -0.3 is 10.0 Å². The van der Waals surface area contributed by atoms with Crippen LogP contribution >= 0.6 is 15.9 Å². The summed E-state index contributed by atoms with van der Waals surface area (Å²) in [4.78, 5) is 2.53. The zero-order chi connectivity index (χ0) is 12.0. The van der Waals surface area contributed by atoms with Crippen LogP contribution in [0.1, 0.15) is 37.9 Å². The van der Waals surface area contributed by atoms with E-state index in [1.165, 1.54) is 31.5 Å². The Balaban J connectivity index is 1.89. The number of nitrogens with zero attached hydrogens (tertiary/aromatic N) is 1. The van der Waals surface area contributed by atoms with Gasteiger partial charge in [0.05, 0.1) is 11.8 Å². The van der Waals surface area contributed by atoms with Gasteiger partial charge in [0.25, 0.3) is 0 Å². The smallest absolute Gasteiger partial charge is 0.0762 e. The fourth-order valence-electron chi connectivity index (χ4n) is 3.24. The van der Waals surface area contributed by atoms with Crippen molar-refractivity contribution in [2.75, 3.05) is 11.4 Å². The van der Waals surface area contributed by atoms with Gasteiger partial charge in [-0.1, -0.05) is 6.07 Å². The van der Waals surface area contributed by atoms with Crippen LogP contribution in [0, 0.1) is 5.92 Å². The molecule has 3 heteroatoms. The summed E-state index contributed by atoms with van der Waals surface area (Å²) in [5, 5.41) is 9.58. The SMILES string of the molecule is C[C@H](O)c1ccc(N2CC3CCC2C3)c(Br)c1. The predicted molar refractivity (Wildman–Crippen MR) is 73.3 cm³/mol. The Labute approximate surface area is 111 Å². The minimum atomic E-state index is -0.393. The highest BCUT2D eigenvalue weighted by atomic mass is 79.9. The standard InChI is InChI=1S/C14H18BrNO/c1-9(17)11-3-5-14(13(15)7-11)16-8-10-2-4-12(16)6-10/h3,5,7,9-10,12,17H,2,4,6,8H2,1H3/t9-,10?,12?/m0/s1. The summed E-state index contributed by atoms with van der Waals surface area (Å²) in [7, 11) is 0. The molecule has 3 atom stereocenters. The predicted octanol–water partition coefficient (Wildman–Crippen LogP) is 3.49. The maximum Gasteiger partial charge on any atom is 0.0762 e. The number of hydrogen-bond acceptors (Lipinski definition) is 2. The normalized spacial score (nSPS) is 28.8. The quantitative estimate of drug-likeness (QED) is 0.903. The van der Waals surface area contributed by atoms with Gasteiger partial charge in [-0.05, 0) is 65.7 Å². The fourth-order valence-corrected chi connectivity index (χ4v) is 3.86. The van der Waals surface area contributed by atoms with Crippen LogP contribution in [0.4, 0.5) is 5.69 Å². The van der Waals surface area contributed by atoms with Gasteiger partial charge in [-0.2, -0.15) is 0 Å². The first-order chi connectivity index (χ1) is 8.15. The van der Waals surface area contributed by atoms with Crippen molar-refractivity contribution in [3.8, 4) is 0 Å². The van der Waals surface area contributed by atoms with Crippen molar-refractivity contribution in [1.29, 1.82) is 0 Å². The van der Waals surface area contributed by atoms with Gasteiger partial charge in [-0.15, -0.1) is 0 Å². The van der Waals surface area contributed by atoms with Crippen LogP contribution in [-0.4, -0.2) is 17.7 Å². The van der Waals surface area contributed by atoms with Crippen molar-refractivity contribution >= 4 is 21.6 Å². The molecule has 0 spiro atoms. The molecule has 1 heterocycles. The van der Waals surface area contributed by atoms with Gasteiger partial charge in [-0.25, -0.2) is 0 Å². The molecule has 92 valence electrons. The summed E-state index contributed by atoms with van der Waals surface area (Å²) in [5.74, 6) is 0.906. The third kappa shape index (κ3) is 2.00. The Kier molecular flexibility index (Phi) is 2.91. The lowest BCUT2D eigenvalue weighted by molar-refractivity contribution is 0.199. The molecule has 1 saturated heterocycles. The van der Waals surface area contributed by atoms with Crippen molar-refractivity contribution in [3.63, 3.8) is 0 Å². The molecule has 2 nitrogen and oxygen atoms in total. The molecule has 3 rings (SSSR count). The molecule has 2 aliphatic rings. The number of hydrogen-bond donors (Lipinski definition) is 1. The molecule has 0 amide bonds. The maximum absolute atomic E-state index is 9.58. The van der Waals surface area contributed by atoms with Gasteiger partial charge >= 0.3 is 0 Å². The van der Waals surface area contributed by atoms with Crippen LogP contribution in [0.2, 0.25) is 0 Å². The minimum absolute atomic E-state index is 0.393. The Hall–Kier alpha value is -0.540. The zero-order valence-corrected chi connectivity index (χ0v) is 11.7. The van der Waals surface area contributed by atoms with Crippen LogP contribution < -0.4 is 4.90 Å². The molecule has 1 aliphatic heterocycles. The number of benzene rings is 1. The Morgan fingerprint density at radius 3 is 2.76 bits per heavy atom. The molecular weight excluding hydrogens is 278 g/mol. The van der Waals surface area contributed by atoms with Gasteiger partial charge in [0.2, 0.25) is 0 Å². The molecule has 2 bridgehead atoms. The van der Waals surface area contributed by atoms with Crippen molar-refractivity contribution in [3.05, 3.63) is 28.2 Å². The van der Waals surface area contributed by atoms with Crippen LogP contribution in [0.25, 0.3) is 0 Å². The van der Waals surface area contributed by atoms with Gasteiger partial charge in [0.15, 0.2) is 0 Å². The number of fused-ring (bicyclic) bond motifs is 2. The lowest BCUT2D eigenvalue weighted by atomic mass is 10.1. The van der Waals surface area contributed by atoms with Crippen molar-refractivity contribution in [2.45, 2.75) is 38.3 Å². The molecule has 0 radical (unpaired) electrons. The molecule has 2 unspecified atom stereocenters. The molecule has 1 saturated carbocycles. The van der Waals surface area contributed by atoms with E-state index in [4.69, 9.17) is 0 Å². The summed E-state index contributed by atoms with van der Waals surface area (Å²) in [6.07, 6.45) is 3.72. The van der Waals surface area contributed by atoms with E-state index >= 15 is 0 Å². The second kappa shape index (κ2) is 4.29. The van der Waals surface area contributed by atoms with E-state index in [9.17, 15) is 5.11 Å². The summed E-state index contributed by atoms with van der Waals surface area (Å²) < 4.78 is 1.11. The summed E-state index contributed by atoms with van der Waals surface area (Å²) in [5.41, 5.74) is 2.27. The Morgan fingerprint density at radius 1 is 1.41 bits per heavy atom. The van der Waals surface area contributed by atoms with Crippen LogP contribution in [-0.2, 0) is 0 Å². The van der Waals surface area contributed by atoms with Gasteiger partial charge in [0.1, 0.15) is 0 Å². The average molecular weight is 296 g/mol. The number of aliphatic hydroxyl groups excluding tert-OH is 1. The first-order valence-electron chi connectivity index (χ1n) is 6.39. The average Bonchev–Trinajstić information content (AvgIpc) is 2.90. The summed E-state index contributed by atoms with van der Waals surface area (Å²) in [6.45, 7) is 3.01. The monoisotopic (exact) mass is 295 g/mol. The minimum Gasteiger partial charge on any atom is -0.389 e. The number of rotatable bonds is 2. The van der Waals surface area contributed by atoms with Crippen molar-refractivity contribution in [1.82, 2.24) is 0 Å². The van der Waals surface area contributed by atoms with E-state index in [1.807, 2.05) is 12.1 Å². The molecule has 1 aliphatic carbocycles. The van der Waals surface area contributed by atoms with E-state index in [1.54, 1.807) is 6.92 Å². The second-order valence-electron chi connectivity index (χ2n) is 5.37. The molecule has 1 aromatic rings. The van der Waals surface area contributed by atoms with Gasteiger partial charge in [0, 0.05) is 17.1 Å². The largest absolute Gasteiger partial charge is 0.389 e. The maximum atomic E-state index is 9.58. The summed E-state index contributed by atoms with van der Waals surface area (Å²) in [6, 6.07) is 6.98. The molecule has 1 N–H and O–H groups in total. The number of aliphatic hydroxyl groups is 1. The highest BCUT2D eigenvalue weighted by molar-refractivity contribution is 9.10. The fraction of sp³-hybridized carbons (Fsp3) is 0.571. The van der Waals surface area contributed by atoms with Gasteiger partial charge in [-0.3, -0.25) is 0 Å². The van der Waals surface area contributed by atoms with E-state index in [-0.39, 0.29) is 0 Å². The Morgan fingerprint density at radius 2 is 2.24 bits per heavy atom. The van der Waals surface area contributed by atoms with E-state index in [2.05, 4.69) is 26.9 Å². The second-order valence-corrected chi connectivity index (χ2v) is 6.23. The number of halogens is 1. The van der Waals surface area contributed by atoms with E-state index < -0.39 is 6.10 Å². The van der Waals surface area contributed by atoms with Crippen LogP contribution in [0.3, 0.4) is 0 Å². The van der Waals surface area contributed by atoms with E-state index in [0.717, 1.165) is 22.0 Å². The third-order valence-electron chi connectivity index (χ3n) is 4.17. The van der Waals surface area contributed by atoms with Crippen molar-refractivity contribution < 1.29 is 5.11 Å². The van der Waals surface area contributed by atoms with Crippen LogP contribution in [0.5, 0.6) is 0 Å². The van der Waals surface area contributed by atoms with Crippen LogP contribution in [0.15, 0.2) is 22.7 Å². The molecule has 1 aromatic carbocycles. The Bertz CT molecular complexity index is 432. The molecule has 17 heavy (non-hydrogen) atoms. The first-order valence-corrected chi connectivity index (χ1v) is 7.18. The number of piperidine rings is 1. The van der Waals surface area contributed by atoms with Crippen molar-refractivity contribution in [2.24, 2.45) is 5.92 Å². The highest BCUT2D eigenvalue weighted by Gasteiger charge is 2.38. The lowest BCUT2D eigenvalue weighted by Gasteiger charge is -2.30. The number of anilines is 1. The molecule has 2 fully saturated rings. The molecular formula is C14H18BrNO. The first kappa shape index (κ1) is 11.5. The third-order valence-corrected chi connectivity index (χ3v) is 4.81. The topological polar surface area (TPSA) is 23.5 Å².